The average molecular weight is 587 g/mol. The van der Waals surface area contributed by atoms with Gasteiger partial charge >= 0.3 is 29.9 Å². The Morgan fingerprint density at radius 3 is 2.18 bits per heavy atom. The lowest BCUT2D eigenvalue weighted by molar-refractivity contribution is -0.390. The maximum Gasteiger partial charge on any atom is 0.460 e. The van der Waals surface area contributed by atoms with Crippen molar-refractivity contribution in [2.45, 2.75) is 36.9 Å². The molecule has 0 amide bonds. The molecular weight excluding hydrogens is 571 g/mol. The van der Waals surface area contributed by atoms with E-state index in [1.807, 2.05) is 0 Å². The van der Waals surface area contributed by atoms with Gasteiger partial charge in [-0.15, -0.1) is 17.0 Å². The molecule has 0 bridgehead atoms. The van der Waals surface area contributed by atoms with Gasteiger partial charge in [0.1, 0.15) is 5.70 Å². The van der Waals surface area contributed by atoms with E-state index in [-0.39, 0.29) is 40.0 Å². The first-order valence-corrected chi connectivity index (χ1v) is 10.3. The van der Waals surface area contributed by atoms with E-state index in [1.165, 1.54) is 42.2 Å². The lowest BCUT2D eigenvalue weighted by Crippen LogP contribution is -2.62. The third kappa shape index (κ3) is 4.40. The Bertz CT molecular complexity index is 984. The number of nitrogens with zero attached hydrogens (tertiary/aromatic N) is 2. The van der Waals surface area contributed by atoms with Gasteiger partial charge in [-0.1, -0.05) is 42.1 Å². The summed E-state index contributed by atoms with van der Waals surface area (Å²) in [6.07, 6.45) is -7.00. The number of allylic oxidation sites excluding steroid dienone is 1. The van der Waals surface area contributed by atoms with E-state index >= 15 is 0 Å². The second-order valence-electron chi connectivity index (χ2n) is 6.95. The van der Waals surface area contributed by atoms with Crippen molar-refractivity contribution in [2.24, 2.45) is 4.99 Å². The molecule has 1 aromatic carbocycles. The standard InChI is InChI=1S/C19H15F9N2O2S.BrH/c1-2-32-14(31)11-12(10-6-4-3-5-7-10)30-8-9-33-15(30)29-13(11)16(20,21)17(22,23)18(24,25)19(26,27)28;/h3-7,12H,2,8-9H2,1H3;1H. The van der Waals surface area contributed by atoms with Crippen molar-refractivity contribution in [1.82, 2.24) is 4.90 Å². The zero-order valence-electron chi connectivity index (χ0n) is 17.0. The fraction of sp³-hybridized carbons (Fsp3) is 0.474. The zero-order valence-corrected chi connectivity index (χ0v) is 19.5. The van der Waals surface area contributed by atoms with Crippen LogP contribution < -0.4 is 0 Å². The van der Waals surface area contributed by atoms with Crippen molar-refractivity contribution in [3.8, 4) is 0 Å². The van der Waals surface area contributed by atoms with Crippen molar-refractivity contribution in [3.63, 3.8) is 0 Å². The second kappa shape index (κ2) is 9.63. The zero-order chi connectivity index (χ0) is 24.8. The summed E-state index contributed by atoms with van der Waals surface area (Å²) < 4.78 is 128. The van der Waals surface area contributed by atoms with Crippen molar-refractivity contribution >= 4 is 39.9 Å². The van der Waals surface area contributed by atoms with Crippen LogP contribution in [0.2, 0.25) is 0 Å². The molecule has 0 radical (unpaired) electrons. The maximum absolute atomic E-state index is 15.0. The molecule has 0 spiro atoms. The maximum atomic E-state index is 15.0. The summed E-state index contributed by atoms with van der Waals surface area (Å²) in [5.41, 5.74) is -3.31. The smallest absolute Gasteiger partial charge is 0.460 e. The molecule has 2 aliphatic heterocycles. The van der Waals surface area contributed by atoms with Gasteiger partial charge in [-0.05, 0) is 12.5 Å². The molecule has 15 heteroatoms. The summed E-state index contributed by atoms with van der Waals surface area (Å²) in [5.74, 6) is -21.7. The van der Waals surface area contributed by atoms with E-state index in [4.69, 9.17) is 0 Å². The number of amidine groups is 1. The van der Waals surface area contributed by atoms with Crippen LogP contribution in [-0.2, 0) is 9.53 Å². The highest BCUT2D eigenvalue weighted by atomic mass is 79.9. The van der Waals surface area contributed by atoms with Crippen LogP contribution in [0.25, 0.3) is 0 Å². The number of carbonyl (C=O) groups excluding carboxylic acids is 1. The number of halogens is 10. The molecule has 34 heavy (non-hydrogen) atoms. The van der Waals surface area contributed by atoms with Gasteiger partial charge in [0.25, 0.3) is 0 Å². The number of thioether (sulfide) groups is 1. The Labute approximate surface area is 202 Å². The molecule has 0 aliphatic carbocycles. The molecule has 1 aromatic rings. The van der Waals surface area contributed by atoms with Gasteiger partial charge in [0.15, 0.2) is 5.17 Å². The van der Waals surface area contributed by atoms with Gasteiger partial charge in [-0.2, -0.15) is 39.5 Å². The molecule has 0 saturated carbocycles. The average Bonchev–Trinajstić information content (AvgIpc) is 3.20. The Hall–Kier alpha value is -1.90. The highest BCUT2D eigenvalue weighted by Crippen LogP contribution is 2.57. The van der Waals surface area contributed by atoms with Crippen LogP contribution in [0, 0.1) is 0 Å². The number of alkyl halides is 9. The summed E-state index contributed by atoms with van der Waals surface area (Å²) in [5, 5.41) is -0.322. The molecule has 4 nitrogen and oxygen atoms in total. The first-order chi connectivity index (χ1) is 15.2. The number of esters is 1. The molecule has 0 N–H and O–H groups in total. The Morgan fingerprint density at radius 2 is 1.65 bits per heavy atom. The van der Waals surface area contributed by atoms with Gasteiger partial charge in [0, 0.05) is 12.3 Å². The topological polar surface area (TPSA) is 41.9 Å². The molecule has 1 atom stereocenters. The molecule has 3 rings (SSSR count). The van der Waals surface area contributed by atoms with Gasteiger partial charge in [0.05, 0.1) is 18.2 Å². The molecule has 2 heterocycles. The van der Waals surface area contributed by atoms with E-state index < -0.39 is 53.8 Å². The van der Waals surface area contributed by atoms with Gasteiger partial charge < -0.3 is 9.64 Å². The van der Waals surface area contributed by atoms with Crippen LogP contribution in [0.3, 0.4) is 0 Å². The molecular formula is C19H16BrF9N2O2S. The Balaban J connectivity index is 0.00000408. The van der Waals surface area contributed by atoms with E-state index in [0.29, 0.717) is 0 Å². The fourth-order valence-corrected chi connectivity index (χ4v) is 4.34. The molecule has 0 aromatic heterocycles. The fourth-order valence-electron chi connectivity index (χ4n) is 3.35. The number of benzene rings is 1. The summed E-state index contributed by atoms with van der Waals surface area (Å²) in [6, 6.07) is 5.60. The Kier molecular flexibility index (Phi) is 8.02. The number of rotatable bonds is 6. The molecule has 2 aliphatic rings. The Morgan fingerprint density at radius 1 is 1.06 bits per heavy atom. The third-order valence-corrected chi connectivity index (χ3v) is 5.88. The summed E-state index contributed by atoms with van der Waals surface area (Å²) in [6.45, 7) is 0.965. The first-order valence-electron chi connectivity index (χ1n) is 9.33. The van der Waals surface area contributed by atoms with Crippen molar-refractivity contribution < 1.29 is 49.0 Å². The number of aliphatic imine (C=N–C) groups is 1. The van der Waals surface area contributed by atoms with Gasteiger partial charge in [-0.3, -0.25) is 0 Å². The lowest BCUT2D eigenvalue weighted by Gasteiger charge is -2.39. The quantitative estimate of drug-likeness (QED) is 0.302. The number of hydrogen-bond acceptors (Lipinski definition) is 5. The van der Waals surface area contributed by atoms with Crippen LogP contribution >= 0.6 is 28.7 Å². The first kappa shape index (κ1) is 28.3. The minimum absolute atomic E-state index is 0. The monoisotopic (exact) mass is 586 g/mol. The van der Waals surface area contributed by atoms with E-state index in [0.717, 1.165) is 11.8 Å². The van der Waals surface area contributed by atoms with Gasteiger partial charge in [-0.25, -0.2) is 9.79 Å². The highest BCUT2D eigenvalue weighted by molar-refractivity contribution is 8.93. The van der Waals surface area contributed by atoms with Crippen LogP contribution in [0.4, 0.5) is 39.5 Å². The number of carbonyl (C=O) groups is 1. The summed E-state index contributed by atoms with van der Waals surface area (Å²) >= 11 is 0.797. The number of hydrogen-bond donors (Lipinski definition) is 0. The predicted molar refractivity (Wildman–Crippen MR) is 111 cm³/mol. The summed E-state index contributed by atoms with van der Waals surface area (Å²) in [7, 11) is 0. The van der Waals surface area contributed by atoms with Crippen molar-refractivity contribution in [1.29, 1.82) is 0 Å². The molecule has 1 saturated heterocycles. The molecule has 1 unspecified atom stereocenters. The largest absolute Gasteiger partial charge is 0.463 e. The van der Waals surface area contributed by atoms with Crippen LogP contribution in [0.1, 0.15) is 18.5 Å². The molecule has 190 valence electrons. The second-order valence-corrected chi connectivity index (χ2v) is 8.02. The van der Waals surface area contributed by atoms with Crippen molar-refractivity contribution in [3.05, 3.63) is 47.2 Å². The van der Waals surface area contributed by atoms with E-state index in [1.54, 1.807) is 0 Å². The van der Waals surface area contributed by atoms with E-state index in [2.05, 4.69) is 9.73 Å². The van der Waals surface area contributed by atoms with Crippen molar-refractivity contribution in [2.75, 3.05) is 18.9 Å². The predicted octanol–water partition coefficient (Wildman–Crippen LogP) is 6.01. The van der Waals surface area contributed by atoms with Gasteiger partial charge in [0.2, 0.25) is 0 Å². The minimum Gasteiger partial charge on any atom is -0.463 e. The van der Waals surface area contributed by atoms with Crippen LogP contribution in [0.5, 0.6) is 0 Å². The lowest BCUT2D eigenvalue weighted by atomic mass is 9.89. The normalized spacial score (nSPS) is 19.4. The number of fused-ring (bicyclic) bond motifs is 1. The van der Waals surface area contributed by atoms with Crippen LogP contribution in [-0.4, -0.2) is 58.9 Å². The summed E-state index contributed by atoms with van der Waals surface area (Å²) in [4.78, 5) is 17.2. The SMILES string of the molecule is Br.CCOC(=O)C1=C(C(F)(F)C(F)(F)C(F)(F)C(F)(F)F)N=C2SCCN2C1c1ccccc1. The number of ether oxygens (including phenoxy) is 1. The third-order valence-electron chi connectivity index (χ3n) is 4.91. The van der Waals surface area contributed by atoms with Crippen LogP contribution in [0.15, 0.2) is 46.6 Å². The minimum atomic E-state index is -7.13. The van der Waals surface area contributed by atoms with E-state index in [9.17, 15) is 44.3 Å². The highest BCUT2D eigenvalue weighted by Gasteiger charge is 2.83. The molecule has 1 fully saturated rings.